The van der Waals surface area contributed by atoms with E-state index in [0.29, 0.717) is 17.2 Å². The van der Waals surface area contributed by atoms with Gasteiger partial charge in [-0.05, 0) is 25.6 Å². The molecule has 96 valence electrons. The maximum absolute atomic E-state index is 11.2. The molecule has 9 heteroatoms. The summed E-state index contributed by atoms with van der Waals surface area (Å²) in [6, 6.07) is 0. The third kappa shape index (κ3) is 3.99. The number of hydrogen-bond donors (Lipinski definition) is 3. The molecule has 1 heterocycles. The van der Waals surface area contributed by atoms with Gasteiger partial charge in [0.2, 0.25) is 15.3 Å². The van der Waals surface area contributed by atoms with E-state index in [0.717, 1.165) is 0 Å². The summed E-state index contributed by atoms with van der Waals surface area (Å²) in [7, 11) is -1.90. The van der Waals surface area contributed by atoms with Crippen LogP contribution < -0.4 is 15.8 Å². The van der Waals surface area contributed by atoms with Crippen LogP contribution in [0.1, 0.15) is 5.69 Å². The Labute approximate surface area is 105 Å². The highest BCUT2D eigenvalue weighted by Crippen LogP contribution is 2.20. The van der Waals surface area contributed by atoms with Gasteiger partial charge in [0.25, 0.3) is 0 Å². The molecule has 1 rings (SSSR count). The topological polar surface area (TPSA) is 110 Å². The predicted octanol–water partition coefficient (Wildman–Crippen LogP) is -0.0183. The summed E-state index contributed by atoms with van der Waals surface area (Å²) < 4.78 is 24.5. The zero-order valence-corrected chi connectivity index (χ0v) is 11.1. The number of nitrogens with zero attached hydrogens (tertiary/aromatic N) is 2. The Morgan fingerprint density at radius 2 is 2.06 bits per heavy atom. The second kappa shape index (κ2) is 5.48. The van der Waals surface area contributed by atoms with Gasteiger partial charge in [-0.15, -0.1) is 0 Å². The van der Waals surface area contributed by atoms with E-state index in [9.17, 15) is 8.42 Å². The Bertz CT molecular complexity index is 505. The molecule has 0 fully saturated rings. The molecule has 0 unspecified atom stereocenters. The van der Waals surface area contributed by atoms with Gasteiger partial charge in [0.15, 0.2) is 5.82 Å². The molecule has 0 aliphatic heterocycles. The lowest BCUT2D eigenvalue weighted by Gasteiger charge is -2.10. The van der Waals surface area contributed by atoms with E-state index < -0.39 is 10.0 Å². The smallest absolute Gasteiger partial charge is 0.224 e. The maximum atomic E-state index is 11.2. The first-order valence-corrected chi connectivity index (χ1v) is 6.83. The van der Waals surface area contributed by atoms with Gasteiger partial charge in [0.05, 0.1) is 17.1 Å². The highest BCUT2D eigenvalue weighted by atomic mass is 35.5. The van der Waals surface area contributed by atoms with Crippen molar-refractivity contribution in [3.05, 3.63) is 11.0 Å². The largest absolute Gasteiger partial charge is 0.394 e. The van der Waals surface area contributed by atoms with Crippen LogP contribution in [-0.4, -0.2) is 37.7 Å². The van der Waals surface area contributed by atoms with Crippen LogP contribution in [0.15, 0.2) is 0 Å². The molecule has 0 aliphatic rings. The molecule has 17 heavy (non-hydrogen) atoms. The first-order valence-electron chi connectivity index (χ1n) is 4.80. The number of aromatic nitrogens is 2. The molecule has 1 aromatic heterocycles. The van der Waals surface area contributed by atoms with E-state index in [1.165, 1.54) is 7.05 Å². The lowest BCUT2D eigenvalue weighted by molar-refractivity contribution is 0.588. The molecule has 0 aromatic carbocycles. The van der Waals surface area contributed by atoms with E-state index in [1.807, 2.05) is 0 Å². The fourth-order valence-electron chi connectivity index (χ4n) is 1.09. The minimum absolute atomic E-state index is 0.0654. The van der Waals surface area contributed by atoms with E-state index in [2.05, 4.69) is 20.0 Å². The lowest BCUT2D eigenvalue weighted by atomic mass is 10.3. The van der Waals surface area contributed by atoms with Gasteiger partial charge < -0.3 is 11.1 Å². The van der Waals surface area contributed by atoms with Crippen molar-refractivity contribution < 1.29 is 8.42 Å². The summed E-state index contributed by atoms with van der Waals surface area (Å²) in [5.41, 5.74) is 6.63. The molecule has 1 aromatic rings. The number of nitrogens with two attached hydrogens (primary N) is 1. The molecular weight excluding hydrogens is 266 g/mol. The average Bonchev–Trinajstić information content (AvgIpc) is 2.24. The Morgan fingerprint density at radius 1 is 1.41 bits per heavy atom. The van der Waals surface area contributed by atoms with Crippen LogP contribution in [-0.2, 0) is 10.0 Å². The quantitative estimate of drug-likeness (QED) is 0.654. The molecule has 0 atom stereocenters. The number of aryl methyl sites for hydroxylation is 1. The van der Waals surface area contributed by atoms with Gasteiger partial charge in [0, 0.05) is 6.54 Å². The van der Waals surface area contributed by atoms with E-state index in [4.69, 9.17) is 17.3 Å². The third-order valence-electron chi connectivity index (χ3n) is 2.08. The number of sulfonamides is 1. The second-order valence-electron chi connectivity index (χ2n) is 3.29. The monoisotopic (exact) mass is 279 g/mol. The van der Waals surface area contributed by atoms with E-state index in [-0.39, 0.29) is 17.6 Å². The molecular formula is C8H14ClN5O2S. The van der Waals surface area contributed by atoms with Gasteiger partial charge in [0.1, 0.15) is 0 Å². The summed E-state index contributed by atoms with van der Waals surface area (Å²) >= 11 is 5.67. The van der Waals surface area contributed by atoms with Crippen molar-refractivity contribution in [1.82, 2.24) is 14.7 Å². The van der Waals surface area contributed by atoms with Gasteiger partial charge >= 0.3 is 0 Å². The van der Waals surface area contributed by atoms with Crippen LogP contribution in [0.3, 0.4) is 0 Å². The molecule has 0 bridgehead atoms. The average molecular weight is 280 g/mol. The molecule has 0 spiro atoms. The van der Waals surface area contributed by atoms with Gasteiger partial charge in [-0.2, -0.15) is 4.98 Å². The zero-order valence-electron chi connectivity index (χ0n) is 9.49. The fourth-order valence-corrected chi connectivity index (χ4v) is 1.87. The zero-order chi connectivity index (χ0) is 13.1. The van der Waals surface area contributed by atoms with Crippen molar-refractivity contribution >= 4 is 33.1 Å². The molecule has 0 saturated heterocycles. The SMILES string of the molecule is CNS(=O)(=O)CCNc1nc(Cl)nc(C)c1N. The fraction of sp³-hybridized carbons (Fsp3) is 0.500. The maximum Gasteiger partial charge on any atom is 0.224 e. The summed E-state index contributed by atoms with van der Waals surface area (Å²) in [5, 5.41) is 2.87. The molecule has 0 aliphatic carbocycles. The highest BCUT2D eigenvalue weighted by Gasteiger charge is 2.10. The molecule has 0 amide bonds. The number of hydrogen-bond acceptors (Lipinski definition) is 6. The molecule has 0 radical (unpaired) electrons. The number of rotatable bonds is 5. The van der Waals surface area contributed by atoms with Crippen LogP contribution in [0.25, 0.3) is 0 Å². The molecule has 4 N–H and O–H groups in total. The minimum atomic E-state index is -3.25. The van der Waals surface area contributed by atoms with Crippen molar-refractivity contribution in [1.29, 1.82) is 0 Å². The van der Waals surface area contributed by atoms with Crippen LogP contribution in [0, 0.1) is 6.92 Å². The lowest BCUT2D eigenvalue weighted by Crippen LogP contribution is -2.26. The summed E-state index contributed by atoms with van der Waals surface area (Å²) in [5.74, 6) is 0.262. The number of halogens is 1. The van der Waals surface area contributed by atoms with Gasteiger partial charge in [-0.1, -0.05) is 0 Å². The number of nitrogen functional groups attached to an aromatic ring is 1. The van der Waals surface area contributed by atoms with Crippen molar-refractivity contribution in [2.45, 2.75) is 6.92 Å². The minimum Gasteiger partial charge on any atom is -0.394 e. The normalized spacial score (nSPS) is 11.5. The third-order valence-corrected chi connectivity index (χ3v) is 3.62. The Balaban J connectivity index is 2.70. The predicted molar refractivity (Wildman–Crippen MR) is 67.5 cm³/mol. The Hall–Kier alpha value is -1.12. The van der Waals surface area contributed by atoms with E-state index >= 15 is 0 Å². The molecule has 0 saturated carbocycles. The standard InChI is InChI=1S/C8H14ClN5O2S/c1-5-6(10)7(14-8(9)13-5)12-3-4-17(15,16)11-2/h11H,3-4,10H2,1-2H3,(H,12,13,14). The summed E-state index contributed by atoms with van der Waals surface area (Å²) in [6.45, 7) is 1.87. The number of nitrogens with one attached hydrogen (secondary N) is 2. The Morgan fingerprint density at radius 3 is 2.65 bits per heavy atom. The van der Waals surface area contributed by atoms with Crippen molar-refractivity contribution in [2.24, 2.45) is 0 Å². The first-order chi connectivity index (χ1) is 7.85. The molecule has 7 nitrogen and oxygen atoms in total. The van der Waals surface area contributed by atoms with Crippen LogP contribution in [0.2, 0.25) is 5.28 Å². The van der Waals surface area contributed by atoms with Crippen molar-refractivity contribution in [2.75, 3.05) is 30.4 Å². The first kappa shape index (κ1) is 13.9. The summed E-state index contributed by atoms with van der Waals surface area (Å²) in [4.78, 5) is 7.75. The van der Waals surface area contributed by atoms with E-state index in [1.54, 1.807) is 6.92 Å². The summed E-state index contributed by atoms with van der Waals surface area (Å²) in [6.07, 6.45) is 0. The van der Waals surface area contributed by atoms with Gasteiger partial charge in [-0.3, -0.25) is 0 Å². The van der Waals surface area contributed by atoms with Crippen molar-refractivity contribution in [3.63, 3.8) is 0 Å². The highest BCUT2D eigenvalue weighted by molar-refractivity contribution is 7.89. The van der Waals surface area contributed by atoms with Gasteiger partial charge in [-0.25, -0.2) is 18.1 Å². The van der Waals surface area contributed by atoms with Crippen molar-refractivity contribution in [3.8, 4) is 0 Å². The van der Waals surface area contributed by atoms with Crippen LogP contribution in [0.4, 0.5) is 11.5 Å². The second-order valence-corrected chi connectivity index (χ2v) is 5.67. The Kier molecular flexibility index (Phi) is 4.49. The number of anilines is 2. The van der Waals surface area contributed by atoms with Crippen LogP contribution in [0.5, 0.6) is 0 Å². The van der Waals surface area contributed by atoms with Crippen LogP contribution >= 0.6 is 11.6 Å².